The van der Waals surface area contributed by atoms with Gasteiger partial charge in [0.2, 0.25) is 5.91 Å². The minimum Gasteiger partial charge on any atom is -0.449 e. The molecule has 0 aromatic carbocycles. The van der Waals surface area contributed by atoms with Crippen LogP contribution in [0.2, 0.25) is 0 Å². The first-order valence-corrected chi connectivity index (χ1v) is 7.88. The molecule has 4 saturated carbocycles. The maximum atomic E-state index is 12.1. The van der Waals surface area contributed by atoms with Crippen molar-refractivity contribution in [3.63, 3.8) is 0 Å². The van der Waals surface area contributed by atoms with Crippen LogP contribution in [0.3, 0.4) is 0 Å². The van der Waals surface area contributed by atoms with Crippen molar-refractivity contribution >= 4 is 11.9 Å². The Labute approximate surface area is 125 Å². The standard InChI is InChI=1S/C16H22N2O3/c17-1-2-21-15(20)10-18-14(19)9-16-6-11-3-12(7-16)5-13(4-11)8-16/h11-13H,2-10H2,(H,18,19). The monoisotopic (exact) mass is 290 g/mol. The third kappa shape index (κ3) is 3.20. The number of nitrogens with zero attached hydrogens (tertiary/aromatic N) is 1. The summed E-state index contributed by atoms with van der Waals surface area (Å²) in [5.74, 6) is 1.88. The van der Waals surface area contributed by atoms with Crippen molar-refractivity contribution < 1.29 is 14.3 Å². The van der Waals surface area contributed by atoms with Crippen molar-refractivity contribution in [1.29, 1.82) is 5.26 Å². The summed E-state index contributed by atoms with van der Waals surface area (Å²) in [4.78, 5) is 23.4. The van der Waals surface area contributed by atoms with Crippen LogP contribution in [0.1, 0.15) is 44.9 Å². The number of nitriles is 1. The highest BCUT2D eigenvalue weighted by Crippen LogP contribution is 2.61. The zero-order chi connectivity index (χ0) is 14.9. The largest absolute Gasteiger partial charge is 0.449 e. The predicted molar refractivity (Wildman–Crippen MR) is 74.8 cm³/mol. The average molecular weight is 290 g/mol. The lowest BCUT2D eigenvalue weighted by Crippen LogP contribution is -2.48. The molecule has 4 fully saturated rings. The molecule has 5 nitrogen and oxygen atoms in total. The fraction of sp³-hybridized carbons (Fsp3) is 0.812. The summed E-state index contributed by atoms with van der Waals surface area (Å²) in [5.41, 5.74) is 0.190. The van der Waals surface area contributed by atoms with Crippen LogP contribution in [0.15, 0.2) is 0 Å². The van der Waals surface area contributed by atoms with Crippen LogP contribution in [-0.2, 0) is 14.3 Å². The van der Waals surface area contributed by atoms with Crippen LogP contribution >= 0.6 is 0 Å². The van der Waals surface area contributed by atoms with Gasteiger partial charge in [0.1, 0.15) is 12.6 Å². The molecule has 5 heteroatoms. The molecule has 0 aromatic rings. The molecule has 114 valence electrons. The second kappa shape index (κ2) is 5.67. The highest BCUT2D eigenvalue weighted by molar-refractivity contribution is 5.82. The Hall–Kier alpha value is -1.57. The molecule has 0 saturated heterocycles. The van der Waals surface area contributed by atoms with E-state index in [4.69, 9.17) is 5.26 Å². The topological polar surface area (TPSA) is 79.2 Å². The summed E-state index contributed by atoms with van der Waals surface area (Å²) in [6.07, 6.45) is 8.19. The predicted octanol–water partition coefficient (Wildman–Crippen LogP) is 1.78. The van der Waals surface area contributed by atoms with Crippen molar-refractivity contribution in [3.05, 3.63) is 0 Å². The SMILES string of the molecule is N#CCOC(=O)CNC(=O)CC12CC3CC(CC(C3)C1)C2. The van der Waals surface area contributed by atoms with Crippen molar-refractivity contribution in [2.45, 2.75) is 44.9 Å². The Morgan fingerprint density at radius 2 is 1.71 bits per heavy atom. The molecule has 0 aromatic heterocycles. The Morgan fingerprint density at radius 1 is 1.14 bits per heavy atom. The number of ether oxygens (including phenoxy) is 1. The van der Waals surface area contributed by atoms with Crippen molar-refractivity contribution in [2.75, 3.05) is 13.2 Å². The molecule has 4 aliphatic carbocycles. The maximum absolute atomic E-state index is 12.1. The van der Waals surface area contributed by atoms with Crippen molar-refractivity contribution in [2.24, 2.45) is 23.2 Å². The summed E-state index contributed by atoms with van der Waals surface area (Å²) in [7, 11) is 0. The molecule has 0 spiro atoms. The minimum absolute atomic E-state index is 0.0501. The Kier molecular flexibility index (Phi) is 3.88. The molecule has 21 heavy (non-hydrogen) atoms. The highest BCUT2D eigenvalue weighted by Gasteiger charge is 2.51. The van der Waals surface area contributed by atoms with Gasteiger partial charge < -0.3 is 10.1 Å². The molecule has 1 N–H and O–H groups in total. The molecule has 1 amide bonds. The number of hydrogen-bond acceptors (Lipinski definition) is 4. The van der Waals surface area contributed by atoms with Crippen LogP contribution < -0.4 is 5.32 Å². The van der Waals surface area contributed by atoms with Gasteiger partial charge in [-0.05, 0) is 61.7 Å². The fourth-order valence-electron chi connectivity index (χ4n) is 5.24. The molecular weight excluding hydrogens is 268 g/mol. The molecule has 0 unspecified atom stereocenters. The van der Waals surface area contributed by atoms with Gasteiger partial charge in [-0.25, -0.2) is 0 Å². The molecule has 4 bridgehead atoms. The first-order chi connectivity index (χ1) is 10.1. The first kappa shape index (κ1) is 14.4. The summed E-state index contributed by atoms with van der Waals surface area (Å²) in [5, 5.41) is 11.0. The van der Waals surface area contributed by atoms with Gasteiger partial charge in [0.25, 0.3) is 0 Å². The highest BCUT2D eigenvalue weighted by atomic mass is 16.5. The average Bonchev–Trinajstić information content (AvgIpc) is 2.40. The van der Waals surface area contributed by atoms with E-state index in [1.807, 2.05) is 0 Å². The summed E-state index contributed by atoms with van der Waals surface area (Å²) in [6.45, 7) is -0.392. The zero-order valence-electron chi connectivity index (χ0n) is 12.3. The zero-order valence-corrected chi connectivity index (χ0v) is 12.3. The molecule has 0 heterocycles. The van der Waals surface area contributed by atoms with E-state index in [0.717, 1.165) is 17.8 Å². The van der Waals surface area contributed by atoms with Crippen LogP contribution in [0.4, 0.5) is 0 Å². The van der Waals surface area contributed by atoms with Gasteiger partial charge in [0.15, 0.2) is 6.61 Å². The van der Waals surface area contributed by atoms with Crippen molar-refractivity contribution in [3.8, 4) is 6.07 Å². The number of nitrogens with one attached hydrogen (secondary N) is 1. The van der Waals surface area contributed by atoms with E-state index < -0.39 is 5.97 Å². The first-order valence-electron chi connectivity index (χ1n) is 7.88. The Balaban J connectivity index is 1.49. The normalized spacial score (nSPS) is 36.0. The van der Waals surface area contributed by atoms with Crippen LogP contribution in [-0.4, -0.2) is 25.0 Å². The van der Waals surface area contributed by atoms with Gasteiger partial charge in [0.05, 0.1) is 0 Å². The number of carbonyl (C=O) groups is 2. The van der Waals surface area contributed by atoms with E-state index in [1.54, 1.807) is 6.07 Å². The Morgan fingerprint density at radius 3 is 2.24 bits per heavy atom. The smallest absolute Gasteiger partial charge is 0.326 e. The van der Waals surface area contributed by atoms with Gasteiger partial charge >= 0.3 is 5.97 Å². The van der Waals surface area contributed by atoms with Crippen molar-refractivity contribution in [1.82, 2.24) is 5.32 Å². The van der Waals surface area contributed by atoms with E-state index >= 15 is 0 Å². The number of esters is 1. The second-order valence-electron chi connectivity index (χ2n) is 7.19. The van der Waals surface area contributed by atoms with Gasteiger partial charge in [-0.1, -0.05) is 0 Å². The lowest BCUT2D eigenvalue weighted by Gasteiger charge is -2.56. The quantitative estimate of drug-likeness (QED) is 0.783. The van der Waals surface area contributed by atoms with Gasteiger partial charge in [0, 0.05) is 6.42 Å². The maximum Gasteiger partial charge on any atom is 0.326 e. The minimum atomic E-state index is -0.546. The van der Waals surface area contributed by atoms with Gasteiger partial charge in [-0.2, -0.15) is 5.26 Å². The second-order valence-corrected chi connectivity index (χ2v) is 7.19. The van der Waals surface area contributed by atoms with Gasteiger partial charge in [-0.15, -0.1) is 0 Å². The van der Waals surface area contributed by atoms with E-state index in [9.17, 15) is 9.59 Å². The lowest BCUT2D eigenvalue weighted by atomic mass is 9.49. The van der Waals surface area contributed by atoms with Crippen LogP contribution in [0.25, 0.3) is 0 Å². The summed E-state index contributed by atoms with van der Waals surface area (Å²) < 4.78 is 4.62. The third-order valence-corrected chi connectivity index (χ3v) is 5.43. The molecular formula is C16H22N2O3. The summed E-state index contributed by atoms with van der Waals surface area (Å²) in [6, 6.07) is 1.73. The fourth-order valence-corrected chi connectivity index (χ4v) is 5.24. The Bertz CT molecular complexity index is 445. The van der Waals surface area contributed by atoms with Crippen LogP contribution in [0.5, 0.6) is 0 Å². The molecule has 4 aliphatic rings. The van der Waals surface area contributed by atoms with E-state index in [2.05, 4.69) is 10.1 Å². The van der Waals surface area contributed by atoms with E-state index in [-0.39, 0.29) is 24.5 Å². The molecule has 4 rings (SSSR count). The number of carbonyl (C=O) groups excluding carboxylic acids is 2. The molecule has 0 radical (unpaired) electrons. The van der Waals surface area contributed by atoms with Gasteiger partial charge in [-0.3, -0.25) is 9.59 Å². The lowest BCUT2D eigenvalue weighted by molar-refractivity contribution is -0.143. The number of amides is 1. The number of hydrogen-bond donors (Lipinski definition) is 1. The molecule has 0 atom stereocenters. The molecule has 0 aliphatic heterocycles. The summed E-state index contributed by atoms with van der Waals surface area (Å²) >= 11 is 0. The van der Waals surface area contributed by atoms with Crippen LogP contribution in [0, 0.1) is 34.5 Å². The number of rotatable bonds is 5. The van der Waals surface area contributed by atoms with E-state index in [0.29, 0.717) is 6.42 Å². The third-order valence-electron chi connectivity index (χ3n) is 5.43. The van der Waals surface area contributed by atoms with E-state index in [1.165, 1.54) is 38.5 Å².